The maximum Gasteiger partial charge on any atom is 0.328 e. The van der Waals surface area contributed by atoms with E-state index in [1.807, 2.05) is 0 Å². The Labute approximate surface area is 81.6 Å². The molecule has 1 amide bonds. The van der Waals surface area contributed by atoms with Crippen molar-refractivity contribution in [3.05, 3.63) is 0 Å². The van der Waals surface area contributed by atoms with Crippen LogP contribution in [0.25, 0.3) is 0 Å². The van der Waals surface area contributed by atoms with E-state index in [1.54, 1.807) is 0 Å². The second-order valence-electron chi connectivity index (χ2n) is 3.85. The van der Waals surface area contributed by atoms with Crippen molar-refractivity contribution in [3.8, 4) is 0 Å². The number of nitrogens with zero attached hydrogens (tertiary/aromatic N) is 1. The SMILES string of the molecule is COC(=O)[C@@H]1C2CC(C2O)N1C(C)=O. The van der Waals surface area contributed by atoms with Gasteiger partial charge in [-0.25, -0.2) is 4.79 Å². The summed E-state index contributed by atoms with van der Waals surface area (Å²) in [5, 5.41) is 9.58. The third-order valence-corrected chi connectivity index (χ3v) is 3.22. The lowest BCUT2D eigenvalue weighted by molar-refractivity contribution is -0.150. The van der Waals surface area contributed by atoms with Crippen LogP contribution in [0.5, 0.6) is 0 Å². The molecule has 5 heteroatoms. The van der Waals surface area contributed by atoms with Crippen LogP contribution in [-0.4, -0.2) is 47.2 Å². The van der Waals surface area contributed by atoms with Crippen molar-refractivity contribution in [1.29, 1.82) is 0 Å². The van der Waals surface area contributed by atoms with E-state index in [9.17, 15) is 14.7 Å². The highest BCUT2D eigenvalue weighted by Gasteiger charge is 2.61. The van der Waals surface area contributed by atoms with Gasteiger partial charge < -0.3 is 14.7 Å². The largest absolute Gasteiger partial charge is 0.467 e. The average molecular weight is 199 g/mol. The van der Waals surface area contributed by atoms with Gasteiger partial charge >= 0.3 is 5.97 Å². The van der Waals surface area contributed by atoms with Crippen molar-refractivity contribution in [1.82, 2.24) is 4.90 Å². The molecular formula is C9H13NO4. The molecule has 2 saturated heterocycles. The highest BCUT2D eigenvalue weighted by atomic mass is 16.5. The normalized spacial score (nSPS) is 39.2. The van der Waals surface area contributed by atoms with Gasteiger partial charge in [-0.3, -0.25) is 4.79 Å². The lowest BCUT2D eigenvalue weighted by Gasteiger charge is -2.31. The summed E-state index contributed by atoms with van der Waals surface area (Å²) < 4.78 is 4.62. The molecule has 2 bridgehead atoms. The van der Waals surface area contributed by atoms with Gasteiger partial charge in [0.2, 0.25) is 5.91 Å². The molecule has 3 unspecified atom stereocenters. The Morgan fingerprint density at radius 3 is 2.57 bits per heavy atom. The zero-order valence-electron chi connectivity index (χ0n) is 8.14. The van der Waals surface area contributed by atoms with E-state index < -0.39 is 18.1 Å². The molecule has 3 rings (SSSR count). The highest BCUT2D eigenvalue weighted by molar-refractivity contribution is 5.86. The van der Waals surface area contributed by atoms with Gasteiger partial charge in [0.25, 0.3) is 0 Å². The quantitative estimate of drug-likeness (QED) is 0.558. The lowest BCUT2D eigenvalue weighted by atomic mass is 9.79. The summed E-state index contributed by atoms with van der Waals surface area (Å²) >= 11 is 0. The van der Waals surface area contributed by atoms with Crippen LogP contribution in [0.3, 0.4) is 0 Å². The number of fused-ring (bicyclic) bond motifs is 1. The molecule has 1 saturated carbocycles. The number of hydrogen-bond acceptors (Lipinski definition) is 4. The predicted molar refractivity (Wildman–Crippen MR) is 46.2 cm³/mol. The smallest absolute Gasteiger partial charge is 0.328 e. The van der Waals surface area contributed by atoms with E-state index in [2.05, 4.69) is 4.74 Å². The first-order valence-electron chi connectivity index (χ1n) is 4.62. The fourth-order valence-corrected chi connectivity index (χ4v) is 2.49. The van der Waals surface area contributed by atoms with E-state index in [0.29, 0.717) is 6.42 Å². The van der Waals surface area contributed by atoms with Gasteiger partial charge in [0, 0.05) is 12.8 Å². The molecule has 3 fully saturated rings. The third kappa shape index (κ3) is 0.987. The molecular weight excluding hydrogens is 186 g/mol. The Bertz CT molecular complexity index is 291. The first-order valence-corrected chi connectivity index (χ1v) is 4.62. The maximum absolute atomic E-state index is 11.4. The predicted octanol–water partition coefficient (Wildman–Crippen LogP) is -0.861. The van der Waals surface area contributed by atoms with E-state index in [4.69, 9.17) is 0 Å². The first kappa shape index (κ1) is 9.45. The number of rotatable bonds is 1. The summed E-state index contributed by atoms with van der Waals surface area (Å²) in [6.45, 7) is 1.41. The standard InChI is InChI=1S/C9H13NO4/c1-4(11)10-6-3-5(8(6)12)7(10)9(13)14-2/h5-8,12H,3H2,1-2H3/t5?,6?,7-,8?/m0/s1. The van der Waals surface area contributed by atoms with Gasteiger partial charge in [-0.1, -0.05) is 0 Å². The number of aliphatic hydroxyl groups excluding tert-OH is 1. The minimum atomic E-state index is -0.572. The van der Waals surface area contributed by atoms with Crippen molar-refractivity contribution in [2.24, 2.45) is 5.92 Å². The summed E-state index contributed by atoms with van der Waals surface area (Å²) in [4.78, 5) is 24.1. The summed E-state index contributed by atoms with van der Waals surface area (Å²) in [6, 6.07) is -0.751. The Kier molecular flexibility index (Phi) is 1.99. The van der Waals surface area contributed by atoms with E-state index in [0.717, 1.165) is 0 Å². The molecule has 4 atom stereocenters. The molecule has 14 heavy (non-hydrogen) atoms. The van der Waals surface area contributed by atoms with E-state index >= 15 is 0 Å². The minimum Gasteiger partial charge on any atom is -0.467 e. The number of esters is 1. The van der Waals surface area contributed by atoms with Crippen LogP contribution in [0.2, 0.25) is 0 Å². The van der Waals surface area contributed by atoms with Crippen LogP contribution in [0.4, 0.5) is 0 Å². The fraction of sp³-hybridized carbons (Fsp3) is 0.778. The fourth-order valence-electron chi connectivity index (χ4n) is 2.49. The number of methoxy groups -OCH3 is 1. The molecule has 0 aromatic heterocycles. The van der Waals surface area contributed by atoms with Crippen molar-refractivity contribution in [2.75, 3.05) is 7.11 Å². The summed E-state index contributed by atoms with van der Waals surface area (Å²) in [5.74, 6) is -0.731. The topological polar surface area (TPSA) is 66.8 Å². The number of carbonyl (C=O) groups excluding carboxylic acids is 2. The minimum absolute atomic E-state index is 0.128. The highest BCUT2D eigenvalue weighted by Crippen LogP contribution is 2.46. The van der Waals surface area contributed by atoms with Crippen LogP contribution in [0.15, 0.2) is 0 Å². The third-order valence-electron chi connectivity index (χ3n) is 3.22. The van der Waals surface area contributed by atoms with Crippen molar-refractivity contribution >= 4 is 11.9 Å². The molecule has 78 valence electrons. The molecule has 0 spiro atoms. The van der Waals surface area contributed by atoms with Gasteiger partial charge in [0.1, 0.15) is 6.04 Å². The van der Waals surface area contributed by atoms with E-state index in [1.165, 1.54) is 18.9 Å². The van der Waals surface area contributed by atoms with Crippen LogP contribution >= 0.6 is 0 Å². The van der Waals surface area contributed by atoms with E-state index in [-0.39, 0.29) is 17.9 Å². The van der Waals surface area contributed by atoms with Gasteiger partial charge in [0.15, 0.2) is 0 Å². The van der Waals surface area contributed by atoms with Crippen LogP contribution in [-0.2, 0) is 14.3 Å². The Morgan fingerprint density at radius 2 is 2.14 bits per heavy atom. The molecule has 5 nitrogen and oxygen atoms in total. The van der Waals surface area contributed by atoms with Crippen molar-refractivity contribution in [2.45, 2.75) is 31.5 Å². The van der Waals surface area contributed by atoms with Gasteiger partial charge in [0.05, 0.1) is 19.3 Å². The summed E-state index contributed by atoms with van der Waals surface area (Å²) in [7, 11) is 1.29. The number of hydrogen-bond donors (Lipinski definition) is 1. The molecule has 1 aliphatic carbocycles. The number of carbonyl (C=O) groups is 2. The van der Waals surface area contributed by atoms with Crippen molar-refractivity contribution < 1.29 is 19.4 Å². The first-order chi connectivity index (χ1) is 6.57. The Balaban J connectivity index is 2.23. The molecule has 3 aliphatic rings. The average Bonchev–Trinajstić information content (AvgIpc) is 2.68. The van der Waals surface area contributed by atoms with Gasteiger partial charge in [-0.15, -0.1) is 0 Å². The van der Waals surface area contributed by atoms with Gasteiger partial charge in [-0.05, 0) is 6.42 Å². The van der Waals surface area contributed by atoms with Crippen LogP contribution in [0, 0.1) is 5.92 Å². The zero-order chi connectivity index (χ0) is 10.5. The molecule has 0 radical (unpaired) electrons. The number of ether oxygens (including phenoxy) is 1. The molecule has 2 heterocycles. The lowest BCUT2D eigenvalue weighted by Crippen LogP contribution is -2.44. The maximum atomic E-state index is 11.4. The second-order valence-corrected chi connectivity index (χ2v) is 3.85. The molecule has 0 aromatic carbocycles. The zero-order valence-corrected chi connectivity index (χ0v) is 8.14. The monoisotopic (exact) mass is 199 g/mol. The number of aliphatic hydroxyl groups is 1. The second kappa shape index (κ2) is 2.95. The summed E-state index contributed by atoms with van der Waals surface area (Å²) in [5.41, 5.74) is 0. The molecule has 2 aliphatic heterocycles. The Hall–Kier alpha value is -1.10. The summed E-state index contributed by atoms with van der Waals surface area (Å²) in [6.07, 6.45) is 0.156. The molecule has 0 aromatic rings. The Morgan fingerprint density at radius 1 is 1.50 bits per heavy atom. The molecule has 1 N–H and O–H groups in total. The van der Waals surface area contributed by atoms with Gasteiger partial charge in [-0.2, -0.15) is 0 Å². The van der Waals surface area contributed by atoms with Crippen molar-refractivity contribution in [3.63, 3.8) is 0 Å². The van der Waals surface area contributed by atoms with Crippen LogP contribution < -0.4 is 0 Å². The van der Waals surface area contributed by atoms with Crippen LogP contribution in [0.1, 0.15) is 13.3 Å². The number of amides is 1.